The Morgan fingerprint density at radius 3 is 2.83 bits per heavy atom. The van der Waals surface area contributed by atoms with Gasteiger partial charge in [0.2, 0.25) is 0 Å². The fourth-order valence-corrected chi connectivity index (χ4v) is 1.50. The van der Waals surface area contributed by atoms with Crippen LogP contribution in [0.25, 0.3) is 0 Å². The molecule has 0 unspecified atom stereocenters. The molecule has 0 fully saturated rings. The average Bonchev–Trinajstić information content (AvgIpc) is 2.32. The Labute approximate surface area is 79.5 Å². The third-order valence-electron chi connectivity index (χ3n) is 1.49. The predicted molar refractivity (Wildman–Crippen MR) is 49.1 cm³/mol. The Morgan fingerprint density at radius 2 is 2.42 bits per heavy atom. The molecular weight excluding hydrogens is 222 g/mol. The first kappa shape index (κ1) is 9.32. The van der Waals surface area contributed by atoms with Crippen LogP contribution in [0.1, 0.15) is 17.4 Å². The standard InChI is InChI=1S/C8H10BrNO2/c1-3-12-8(11)7-6(9)4-5-10(7)2/h4-5H,3H2,1-2H3. The first-order valence-electron chi connectivity index (χ1n) is 3.64. The Balaban J connectivity index is 2.93. The number of carbonyl (C=O) groups is 1. The molecule has 0 amide bonds. The smallest absolute Gasteiger partial charge is 0.356 e. The summed E-state index contributed by atoms with van der Waals surface area (Å²) >= 11 is 3.27. The Kier molecular flexibility index (Phi) is 2.92. The van der Waals surface area contributed by atoms with Crippen LogP contribution < -0.4 is 0 Å². The predicted octanol–water partition coefficient (Wildman–Crippen LogP) is 1.96. The minimum absolute atomic E-state index is 0.295. The monoisotopic (exact) mass is 231 g/mol. The lowest BCUT2D eigenvalue weighted by molar-refractivity contribution is 0.0514. The lowest BCUT2D eigenvalue weighted by atomic mass is 10.4. The fraction of sp³-hybridized carbons (Fsp3) is 0.375. The van der Waals surface area contributed by atoms with E-state index in [1.54, 1.807) is 24.7 Å². The zero-order valence-corrected chi connectivity index (χ0v) is 8.59. The molecule has 0 bridgehead atoms. The van der Waals surface area contributed by atoms with Crippen LogP contribution in [0.3, 0.4) is 0 Å². The van der Waals surface area contributed by atoms with Gasteiger partial charge in [-0.2, -0.15) is 0 Å². The van der Waals surface area contributed by atoms with Gasteiger partial charge in [0, 0.05) is 13.2 Å². The van der Waals surface area contributed by atoms with Gasteiger partial charge in [0.05, 0.1) is 11.1 Å². The number of esters is 1. The Bertz CT molecular complexity index is 274. The summed E-state index contributed by atoms with van der Waals surface area (Å²) in [5.74, 6) is -0.295. The summed E-state index contributed by atoms with van der Waals surface area (Å²) in [5, 5.41) is 0. The highest BCUT2D eigenvalue weighted by molar-refractivity contribution is 9.10. The van der Waals surface area contributed by atoms with Crippen molar-refractivity contribution in [3.8, 4) is 0 Å². The average molecular weight is 232 g/mol. The SMILES string of the molecule is CCOC(=O)c1c(Br)ccn1C. The highest BCUT2D eigenvalue weighted by Gasteiger charge is 2.14. The molecule has 0 radical (unpaired) electrons. The third kappa shape index (κ3) is 1.69. The first-order chi connectivity index (χ1) is 5.66. The van der Waals surface area contributed by atoms with Crippen LogP contribution in [-0.2, 0) is 11.8 Å². The van der Waals surface area contributed by atoms with Gasteiger partial charge in [0.15, 0.2) is 0 Å². The van der Waals surface area contributed by atoms with Gasteiger partial charge in [0.1, 0.15) is 5.69 Å². The van der Waals surface area contributed by atoms with Gasteiger partial charge in [-0.1, -0.05) is 0 Å². The normalized spacial score (nSPS) is 9.92. The number of rotatable bonds is 2. The molecule has 0 aromatic carbocycles. The molecule has 3 nitrogen and oxygen atoms in total. The van der Waals surface area contributed by atoms with E-state index in [0.717, 1.165) is 4.47 Å². The highest BCUT2D eigenvalue weighted by Crippen LogP contribution is 2.17. The summed E-state index contributed by atoms with van der Waals surface area (Å²) in [6, 6.07) is 1.81. The van der Waals surface area contributed by atoms with Crippen molar-refractivity contribution in [1.82, 2.24) is 4.57 Å². The molecule has 0 atom stereocenters. The fourth-order valence-electron chi connectivity index (χ4n) is 0.940. The molecule has 66 valence electrons. The van der Waals surface area contributed by atoms with Crippen molar-refractivity contribution in [1.29, 1.82) is 0 Å². The van der Waals surface area contributed by atoms with Gasteiger partial charge < -0.3 is 9.30 Å². The van der Waals surface area contributed by atoms with Crippen molar-refractivity contribution in [3.63, 3.8) is 0 Å². The largest absolute Gasteiger partial charge is 0.461 e. The quantitative estimate of drug-likeness (QED) is 0.730. The van der Waals surface area contributed by atoms with Crippen LogP contribution in [0.15, 0.2) is 16.7 Å². The van der Waals surface area contributed by atoms with Crippen LogP contribution >= 0.6 is 15.9 Å². The number of hydrogen-bond donors (Lipinski definition) is 0. The molecule has 0 spiro atoms. The van der Waals surface area contributed by atoms with E-state index in [4.69, 9.17) is 4.74 Å². The van der Waals surface area contributed by atoms with Gasteiger partial charge in [-0.15, -0.1) is 0 Å². The van der Waals surface area contributed by atoms with Crippen LogP contribution in [0.4, 0.5) is 0 Å². The van der Waals surface area contributed by atoms with E-state index in [1.807, 2.05) is 6.07 Å². The summed E-state index contributed by atoms with van der Waals surface area (Å²) in [4.78, 5) is 11.3. The lowest BCUT2D eigenvalue weighted by Gasteiger charge is -2.02. The lowest BCUT2D eigenvalue weighted by Crippen LogP contribution is -2.09. The number of nitrogens with zero attached hydrogens (tertiary/aromatic N) is 1. The van der Waals surface area contributed by atoms with E-state index in [0.29, 0.717) is 12.3 Å². The molecular formula is C8H10BrNO2. The first-order valence-corrected chi connectivity index (χ1v) is 4.44. The summed E-state index contributed by atoms with van der Waals surface area (Å²) in [6.07, 6.45) is 1.80. The highest BCUT2D eigenvalue weighted by atomic mass is 79.9. The van der Waals surface area contributed by atoms with E-state index in [-0.39, 0.29) is 5.97 Å². The van der Waals surface area contributed by atoms with Crippen molar-refractivity contribution in [2.45, 2.75) is 6.92 Å². The Morgan fingerprint density at radius 1 is 1.75 bits per heavy atom. The second kappa shape index (κ2) is 3.76. The van der Waals surface area contributed by atoms with Crippen molar-refractivity contribution in [2.75, 3.05) is 6.61 Å². The van der Waals surface area contributed by atoms with E-state index < -0.39 is 0 Å². The maximum absolute atomic E-state index is 11.3. The number of halogens is 1. The maximum Gasteiger partial charge on any atom is 0.356 e. The number of aryl methyl sites for hydroxylation is 1. The van der Waals surface area contributed by atoms with E-state index in [9.17, 15) is 4.79 Å². The summed E-state index contributed by atoms with van der Waals surface area (Å²) in [7, 11) is 1.80. The molecule has 1 rings (SSSR count). The van der Waals surface area contributed by atoms with Gasteiger partial charge in [-0.3, -0.25) is 0 Å². The van der Waals surface area contributed by atoms with Crippen molar-refractivity contribution in [2.24, 2.45) is 7.05 Å². The molecule has 0 saturated carbocycles. The molecule has 1 aromatic heterocycles. The van der Waals surface area contributed by atoms with Gasteiger partial charge >= 0.3 is 5.97 Å². The van der Waals surface area contributed by atoms with E-state index in [1.165, 1.54) is 0 Å². The zero-order valence-electron chi connectivity index (χ0n) is 7.00. The topological polar surface area (TPSA) is 31.2 Å². The summed E-state index contributed by atoms with van der Waals surface area (Å²) < 4.78 is 7.35. The molecule has 0 aliphatic rings. The molecule has 0 aliphatic carbocycles. The van der Waals surface area contributed by atoms with Crippen molar-refractivity contribution in [3.05, 3.63) is 22.4 Å². The molecule has 0 aliphatic heterocycles. The Hall–Kier alpha value is -0.770. The number of aromatic nitrogens is 1. The molecule has 1 aromatic rings. The van der Waals surface area contributed by atoms with Crippen molar-refractivity contribution >= 4 is 21.9 Å². The molecule has 1 heterocycles. The second-order valence-electron chi connectivity index (χ2n) is 2.34. The second-order valence-corrected chi connectivity index (χ2v) is 3.20. The number of hydrogen-bond acceptors (Lipinski definition) is 2. The van der Waals surface area contributed by atoms with Crippen LogP contribution in [0.2, 0.25) is 0 Å². The minimum Gasteiger partial charge on any atom is -0.461 e. The summed E-state index contributed by atoms with van der Waals surface area (Å²) in [6.45, 7) is 2.19. The maximum atomic E-state index is 11.3. The van der Waals surface area contributed by atoms with Crippen LogP contribution in [0.5, 0.6) is 0 Å². The van der Waals surface area contributed by atoms with Crippen LogP contribution in [-0.4, -0.2) is 17.1 Å². The number of carbonyl (C=O) groups excluding carboxylic acids is 1. The van der Waals surface area contributed by atoms with E-state index >= 15 is 0 Å². The third-order valence-corrected chi connectivity index (χ3v) is 2.13. The van der Waals surface area contributed by atoms with Gasteiger partial charge in [-0.25, -0.2) is 4.79 Å². The minimum atomic E-state index is -0.295. The summed E-state index contributed by atoms with van der Waals surface area (Å²) in [5.41, 5.74) is 0.553. The van der Waals surface area contributed by atoms with Gasteiger partial charge in [0.25, 0.3) is 0 Å². The van der Waals surface area contributed by atoms with Crippen LogP contribution in [0, 0.1) is 0 Å². The van der Waals surface area contributed by atoms with Crippen molar-refractivity contribution < 1.29 is 9.53 Å². The zero-order chi connectivity index (χ0) is 9.14. The van der Waals surface area contributed by atoms with Gasteiger partial charge in [-0.05, 0) is 28.9 Å². The molecule has 12 heavy (non-hydrogen) atoms. The molecule has 4 heteroatoms. The molecule has 0 saturated heterocycles. The van der Waals surface area contributed by atoms with E-state index in [2.05, 4.69) is 15.9 Å². The number of ether oxygens (including phenoxy) is 1. The molecule has 0 N–H and O–H groups in total.